The lowest BCUT2D eigenvalue weighted by Crippen LogP contribution is -2.49. The molecule has 0 aliphatic carbocycles. The van der Waals surface area contributed by atoms with E-state index in [2.05, 4.69) is 0 Å². The zero-order chi connectivity index (χ0) is 12.3. The van der Waals surface area contributed by atoms with Gasteiger partial charge in [-0.3, -0.25) is 0 Å². The summed E-state index contributed by atoms with van der Waals surface area (Å²) in [6.45, 7) is 8.33. The van der Waals surface area contributed by atoms with Crippen molar-refractivity contribution in [1.82, 2.24) is 0 Å². The molecule has 0 aromatic carbocycles. The average Bonchev–Trinajstić information content (AvgIpc) is 2.31. The summed E-state index contributed by atoms with van der Waals surface area (Å²) in [5, 5.41) is 0. The second kappa shape index (κ2) is 10.1. The van der Waals surface area contributed by atoms with Crippen LogP contribution < -0.4 is 0 Å². The molecule has 0 amide bonds. The zero-order valence-corrected chi connectivity index (χ0v) is 11.2. The van der Waals surface area contributed by atoms with Crippen molar-refractivity contribution in [1.29, 1.82) is 0 Å². The van der Waals surface area contributed by atoms with E-state index in [9.17, 15) is 0 Å². The molecule has 16 heavy (non-hydrogen) atoms. The molecule has 7 nitrogen and oxygen atoms in total. The molecule has 8 heteroatoms. The van der Waals surface area contributed by atoms with Gasteiger partial charge in [0, 0.05) is 6.61 Å². The van der Waals surface area contributed by atoms with Gasteiger partial charge in [0.2, 0.25) is 0 Å². The van der Waals surface area contributed by atoms with E-state index in [0.29, 0.717) is 26.4 Å². The normalized spacial score (nSPS) is 12.0. The monoisotopic (exact) mass is 256 g/mol. The van der Waals surface area contributed by atoms with Crippen LogP contribution in [0, 0.1) is 0 Å². The van der Waals surface area contributed by atoms with Gasteiger partial charge in [-0.25, -0.2) is 14.7 Å². The highest BCUT2D eigenvalue weighted by atomic mass is 28.4. The maximum absolute atomic E-state index is 5.23. The third kappa shape index (κ3) is 6.50. The van der Waals surface area contributed by atoms with Crippen molar-refractivity contribution < 1.29 is 32.8 Å². The van der Waals surface area contributed by atoms with Crippen LogP contribution in [0.4, 0.5) is 0 Å². The third-order valence-corrected chi connectivity index (χ3v) is 2.77. The maximum Gasteiger partial charge on any atom is 0.764 e. The number of hydrogen-bond acceptors (Lipinski definition) is 7. The molecule has 0 aliphatic heterocycles. The lowest BCUT2D eigenvalue weighted by atomic mass is 10.9. The Morgan fingerprint density at radius 3 is 1.25 bits per heavy atom. The van der Waals surface area contributed by atoms with E-state index in [-0.39, 0.29) is 0 Å². The molecule has 0 spiro atoms. The van der Waals surface area contributed by atoms with Crippen LogP contribution in [0.3, 0.4) is 0 Å². The minimum absolute atomic E-state index is 0.319. The van der Waals surface area contributed by atoms with Crippen LogP contribution in [-0.4, -0.2) is 35.5 Å². The van der Waals surface area contributed by atoms with Crippen LogP contribution in [0.15, 0.2) is 0 Å². The van der Waals surface area contributed by atoms with E-state index in [4.69, 9.17) is 32.8 Å². The van der Waals surface area contributed by atoms with E-state index in [1.807, 2.05) is 0 Å². The first kappa shape index (κ1) is 15.9. The standard InChI is InChI=1S/C8H20O7Si/c1-5-9-13-16(12-8-4,14-10-6-2)15-11-7-3/h5-8H2,1-4H3. The molecule has 0 aromatic rings. The Morgan fingerprint density at radius 2 is 1.00 bits per heavy atom. The van der Waals surface area contributed by atoms with Gasteiger partial charge in [-0.05, 0) is 27.7 Å². The summed E-state index contributed by atoms with van der Waals surface area (Å²) in [4.78, 5) is 14.3. The quantitative estimate of drug-likeness (QED) is 0.314. The molecule has 0 aliphatic rings. The van der Waals surface area contributed by atoms with E-state index >= 15 is 0 Å². The maximum atomic E-state index is 5.23. The van der Waals surface area contributed by atoms with E-state index in [1.165, 1.54) is 0 Å². The highest BCUT2D eigenvalue weighted by molar-refractivity contribution is 6.52. The topological polar surface area (TPSA) is 64.6 Å². The number of rotatable bonds is 11. The SMILES string of the molecule is CCOO[Si](OCC)(OOCC)OOCC. The minimum Gasteiger partial charge on any atom is -0.348 e. The van der Waals surface area contributed by atoms with Crippen molar-refractivity contribution in [2.45, 2.75) is 27.7 Å². The molecule has 0 saturated heterocycles. The molecule has 0 N–H and O–H groups in total. The minimum atomic E-state index is -3.53. The Balaban J connectivity index is 4.32. The molecular formula is C8H20O7Si. The van der Waals surface area contributed by atoms with Gasteiger partial charge in [-0.15, -0.1) is 0 Å². The predicted octanol–water partition coefficient (Wildman–Crippen LogP) is 1.36. The summed E-state index contributed by atoms with van der Waals surface area (Å²) in [7, 11) is -3.53. The molecule has 0 aromatic heterocycles. The third-order valence-electron chi connectivity index (χ3n) is 1.16. The van der Waals surface area contributed by atoms with E-state index in [0.717, 1.165) is 0 Å². The second-order valence-corrected chi connectivity index (χ2v) is 4.19. The highest BCUT2D eigenvalue weighted by Gasteiger charge is 2.52. The molecule has 0 heterocycles. The van der Waals surface area contributed by atoms with Gasteiger partial charge in [0.15, 0.2) is 0 Å². The van der Waals surface area contributed by atoms with Crippen molar-refractivity contribution in [3.63, 3.8) is 0 Å². The molecule has 98 valence electrons. The smallest absolute Gasteiger partial charge is 0.348 e. The molecule has 0 rings (SSSR count). The van der Waals surface area contributed by atoms with Crippen LogP contribution in [0.2, 0.25) is 0 Å². The fourth-order valence-electron chi connectivity index (χ4n) is 0.684. The predicted molar refractivity (Wildman–Crippen MR) is 55.5 cm³/mol. The summed E-state index contributed by atoms with van der Waals surface area (Å²) >= 11 is 0. The number of hydrogen-bond donors (Lipinski definition) is 0. The molecule has 0 atom stereocenters. The van der Waals surface area contributed by atoms with Crippen molar-refractivity contribution >= 4 is 9.05 Å². The van der Waals surface area contributed by atoms with E-state index < -0.39 is 9.05 Å². The Hall–Kier alpha value is -0.0631. The van der Waals surface area contributed by atoms with Crippen molar-refractivity contribution in [2.75, 3.05) is 26.4 Å². The van der Waals surface area contributed by atoms with Crippen LogP contribution in [0.1, 0.15) is 27.7 Å². The molecule has 0 fully saturated rings. The summed E-state index contributed by atoms with van der Waals surface area (Å²) in [5.41, 5.74) is 0. The molecular weight excluding hydrogens is 236 g/mol. The lowest BCUT2D eigenvalue weighted by Gasteiger charge is -2.23. The van der Waals surface area contributed by atoms with Crippen molar-refractivity contribution in [3.8, 4) is 0 Å². The first-order valence-corrected chi connectivity index (χ1v) is 6.93. The Morgan fingerprint density at radius 1 is 0.625 bits per heavy atom. The Bertz CT molecular complexity index is 136. The molecule has 0 unspecified atom stereocenters. The van der Waals surface area contributed by atoms with Gasteiger partial charge in [-0.2, -0.15) is 13.7 Å². The molecule has 0 saturated carbocycles. The van der Waals surface area contributed by atoms with Gasteiger partial charge in [0.1, 0.15) is 0 Å². The van der Waals surface area contributed by atoms with Gasteiger partial charge in [-0.1, -0.05) is 0 Å². The fraction of sp³-hybridized carbons (Fsp3) is 1.00. The molecule has 0 radical (unpaired) electrons. The van der Waals surface area contributed by atoms with Crippen molar-refractivity contribution in [2.24, 2.45) is 0 Å². The summed E-state index contributed by atoms with van der Waals surface area (Å²) in [6.07, 6.45) is 0. The van der Waals surface area contributed by atoms with E-state index in [1.54, 1.807) is 27.7 Å². The van der Waals surface area contributed by atoms with Crippen LogP contribution in [0.25, 0.3) is 0 Å². The molecule has 0 bridgehead atoms. The van der Waals surface area contributed by atoms with Gasteiger partial charge < -0.3 is 4.43 Å². The van der Waals surface area contributed by atoms with Crippen LogP contribution >= 0.6 is 0 Å². The van der Waals surface area contributed by atoms with Gasteiger partial charge in [0.05, 0.1) is 19.8 Å². The Labute approximate surface area is 96.8 Å². The van der Waals surface area contributed by atoms with Crippen molar-refractivity contribution in [3.05, 3.63) is 0 Å². The highest BCUT2D eigenvalue weighted by Crippen LogP contribution is 2.13. The van der Waals surface area contributed by atoms with Gasteiger partial charge in [0.25, 0.3) is 0 Å². The van der Waals surface area contributed by atoms with Crippen LogP contribution in [-0.2, 0) is 32.8 Å². The summed E-state index contributed by atoms with van der Waals surface area (Å²) in [5.74, 6) is 0. The fourth-order valence-corrected chi connectivity index (χ4v) is 2.05. The van der Waals surface area contributed by atoms with Gasteiger partial charge >= 0.3 is 9.05 Å². The lowest BCUT2D eigenvalue weighted by molar-refractivity contribution is -0.385. The largest absolute Gasteiger partial charge is 0.764 e. The van der Waals surface area contributed by atoms with Crippen LogP contribution in [0.5, 0.6) is 0 Å². The zero-order valence-electron chi connectivity index (χ0n) is 10.2. The first-order valence-electron chi connectivity index (χ1n) is 5.30. The average molecular weight is 256 g/mol. The Kier molecular flexibility index (Phi) is 10.1. The summed E-state index contributed by atoms with van der Waals surface area (Å²) < 4.78 is 20.1. The second-order valence-electron chi connectivity index (χ2n) is 2.40. The summed E-state index contributed by atoms with van der Waals surface area (Å²) in [6, 6.07) is 0. The first-order chi connectivity index (χ1) is 7.74.